The van der Waals surface area contributed by atoms with E-state index in [1.165, 1.54) is 0 Å². The number of benzene rings is 3. The van der Waals surface area contributed by atoms with E-state index >= 15 is 0 Å². The molecule has 6 rings (SSSR count). The molecule has 0 N–H and O–H groups in total. The molecule has 0 spiro atoms. The van der Waals surface area contributed by atoms with E-state index in [-0.39, 0.29) is 11.5 Å². The van der Waals surface area contributed by atoms with Crippen molar-refractivity contribution >= 4 is 0 Å². The zero-order valence-electron chi connectivity index (χ0n) is 17.3. The average molecular weight is 441 g/mol. The Bertz CT molecular complexity index is 1420. The lowest BCUT2D eigenvalue weighted by molar-refractivity contribution is 0.345. The Morgan fingerprint density at radius 1 is 0.727 bits per heavy atom. The third kappa shape index (κ3) is 3.33. The molecule has 162 valence electrons. The second-order valence-corrected chi connectivity index (χ2v) is 8.12. The van der Waals surface area contributed by atoms with E-state index in [1.807, 2.05) is 60.7 Å². The number of halogens is 2. The largest absolute Gasteiger partial charge is 0.420 e. The molecule has 2 heterocycles. The van der Waals surface area contributed by atoms with E-state index in [0.717, 1.165) is 53.4 Å². The molecule has 5 nitrogen and oxygen atoms in total. The van der Waals surface area contributed by atoms with Crippen molar-refractivity contribution in [1.82, 2.24) is 15.4 Å². The molecule has 0 atom stereocenters. The Morgan fingerprint density at radius 2 is 1.36 bits per heavy atom. The van der Waals surface area contributed by atoms with Crippen LogP contribution in [0.5, 0.6) is 0 Å². The highest BCUT2D eigenvalue weighted by Gasteiger charge is 2.56. The van der Waals surface area contributed by atoms with E-state index in [4.69, 9.17) is 8.94 Å². The summed E-state index contributed by atoms with van der Waals surface area (Å²) in [6.07, 6.45) is 1.46. The number of aromatic nitrogens is 3. The Morgan fingerprint density at radius 3 is 2.00 bits per heavy atom. The Balaban J connectivity index is 1.48. The number of hydrogen-bond donors (Lipinski definition) is 0. The lowest BCUT2D eigenvalue weighted by Gasteiger charge is -2.10. The van der Waals surface area contributed by atoms with Gasteiger partial charge in [0.25, 0.3) is 0 Å². The predicted octanol–water partition coefficient (Wildman–Crippen LogP) is 6.42. The fraction of sp³-hybridized carbons (Fsp3) is 0.115. The summed E-state index contributed by atoms with van der Waals surface area (Å²) in [5, 5.41) is 12.7. The van der Waals surface area contributed by atoms with Gasteiger partial charge in [0.05, 0.1) is 5.56 Å². The van der Waals surface area contributed by atoms with Crippen LogP contribution in [0.15, 0.2) is 87.8 Å². The van der Waals surface area contributed by atoms with Gasteiger partial charge >= 0.3 is 0 Å². The van der Waals surface area contributed by atoms with Gasteiger partial charge in [-0.2, -0.15) is 0 Å². The van der Waals surface area contributed by atoms with Crippen molar-refractivity contribution in [2.75, 3.05) is 0 Å². The molecule has 1 aliphatic carbocycles. The van der Waals surface area contributed by atoms with Crippen LogP contribution in [0.1, 0.15) is 24.5 Å². The fourth-order valence-electron chi connectivity index (χ4n) is 4.16. The lowest BCUT2D eigenvalue weighted by atomic mass is 9.92. The Labute approximate surface area is 187 Å². The van der Waals surface area contributed by atoms with Gasteiger partial charge in [0.1, 0.15) is 22.7 Å². The highest BCUT2D eigenvalue weighted by molar-refractivity contribution is 5.83. The monoisotopic (exact) mass is 441 g/mol. The molecule has 0 amide bonds. The van der Waals surface area contributed by atoms with E-state index in [9.17, 15) is 8.78 Å². The van der Waals surface area contributed by atoms with Crippen molar-refractivity contribution in [2.24, 2.45) is 0 Å². The van der Waals surface area contributed by atoms with Crippen LogP contribution < -0.4 is 0 Å². The third-order valence-corrected chi connectivity index (χ3v) is 5.93. The molecule has 33 heavy (non-hydrogen) atoms. The first-order valence-electron chi connectivity index (χ1n) is 10.6. The van der Waals surface area contributed by atoms with Crippen molar-refractivity contribution in [3.63, 3.8) is 0 Å². The normalized spacial score (nSPS) is 14.4. The molecule has 0 radical (unpaired) electrons. The summed E-state index contributed by atoms with van der Waals surface area (Å²) in [5.74, 6) is -0.373. The second kappa shape index (κ2) is 7.48. The standard InChI is InChI=1S/C26H17F2N3O2/c27-19-13-18(14-20(28)15-19)24-29-30-25(32-24)26(11-12-26)23-21(16-7-3-1-4-8-16)22(31-33-23)17-9-5-2-6-10-17/h1-10,13-15H,11-12H2. The van der Waals surface area contributed by atoms with Crippen molar-refractivity contribution in [1.29, 1.82) is 0 Å². The van der Waals surface area contributed by atoms with Crippen LogP contribution in [0.3, 0.4) is 0 Å². The minimum Gasteiger partial charge on any atom is -0.420 e. The van der Waals surface area contributed by atoms with Crippen molar-refractivity contribution < 1.29 is 17.7 Å². The molecule has 7 heteroatoms. The second-order valence-electron chi connectivity index (χ2n) is 8.12. The third-order valence-electron chi connectivity index (χ3n) is 5.93. The summed E-state index contributed by atoms with van der Waals surface area (Å²) in [6.45, 7) is 0. The van der Waals surface area contributed by atoms with Crippen molar-refractivity contribution in [3.05, 3.63) is 102 Å². The van der Waals surface area contributed by atoms with E-state index in [2.05, 4.69) is 15.4 Å². The lowest BCUT2D eigenvalue weighted by Crippen LogP contribution is -2.09. The van der Waals surface area contributed by atoms with Crippen LogP contribution in [0.4, 0.5) is 8.78 Å². The van der Waals surface area contributed by atoms with E-state index in [0.29, 0.717) is 11.7 Å². The molecule has 1 fully saturated rings. The van der Waals surface area contributed by atoms with E-state index < -0.39 is 17.0 Å². The van der Waals surface area contributed by atoms with E-state index in [1.54, 1.807) is 0 Å². The molecular formula is C26H17F2N3O2. The Kier molecular flexibility index (Phi) is 4.43. The molecule has 2 aromatic heterocycles. The first-order valence-corrected chi connectivity index (χ1v) is 10.6. The predicted molar refractivity (Wildman–Crippen MR) is 117 cm³/mol. The van der Waals surface area contributed by atoms with Gasteiger partial charge in [-0.1, -0.05) is 65.8 Å². The van der Waals surface area contributed by atoms with Gasteiger partial charge in [-0.05, 0) is 30.5 Å². The van der Waals surface area contributed by atoms with Gasteiger partial charge in [-0.25, -0.2) is 8.78 Å². The summed E-state index contributed by atoms with van der Waals surface area (Å²) in [4.78, 5) is 0. The van der Waals surface area contributed by atoms with Crippen LogP contribution in [-0.2, 0) is 5.41 Å². The smallest absolute Gasteiger partial charge is 0.247 e. The highest BCUT2D eigenvalue weighted by Crippen LogP contribution is 2.57. The molecule has 0 bridgehead atoms. The summed E-state index contributed by atoms with van der Waals surface area (Å²) in [7, 11) is 0. The summed E-state index contributed by atoms with van der Waals surface area (Å²) < 4.78 is 39.2. The van der Waals surface area contributed by atoms with Crippen LogP contribution in [0.2, 0.25) is 0 Å². The van der Waals surface area contributed by atoms with Crippen molar-refractivity contribution in [2.45, 2.75) is 18.3 Å². The molecule has 0 unspecified atom stereocenters. The SMILES string of the molecule is Fc1cc(F)cc(-c2nnc(C3(c4onc(-c5ccccc5)c4-c4ccccc4)CC3)o2)c1. The molecule has 3 aromatic carbocycles. The molecule has 1 aliphatic rings. The molecule has 5 aromatic rings. The number of nitrogens with zero attached hydrogens (tertiary/aromatic N) is 3. The van der Waals surface area contributed by atoms with Crippen LogP contribution >= 0.6 is 0 Å². The first-order chi connectivity index (χ1) is 16.1. The summed E-state index contributed by atoms with van der Waals surface area (Å²) in [6, 6.07) is 22.8. The minimum absolute atomic E-state index is 0.0544. The number of rotatable bonds is 5. The van der Waals surface area contributed by atoms with Gasteiger partial charge in [0, 0.05) is 17.2 Å². The van der Waals surface area contributed by atoms with Crippen LogP contribution in [-0.4, -0.2) is 15.4 Å². The van der Waals surface area contributed by atoms with Crippen LogP contribution in [0.25, 0.3) is 33.8 Å². The number of hydrogen-bond acceptors (Lipinski definition) is 5. The summed E-state index contributed by atoms with van der Waals surface area (Å²) >= 11 is 0. The molecular weight excluding hydrogens is 424 g/mol. The topological polar surface area (TPSA) is 65.0 Å². The molecule has 1 saturated carbocycles. The summed E-state index contributed by atoms with van der Waals surface area (Å²) in [5.41, 5.74) is 3.05. The zero-order valence-corrected chi connectivity index (χ0v) is 17.3. The quantitative estimate of drug-likeness (QED) is 0.315. The molecule has 0 aliphatic heterocycles. The minimum atomic E-state index is -0.708. The fourth-order valence-corrected chi connectivity index (χ4v) is 4.16. The average Bonchev–Trinajstić information content (AvgIpc) is 3.28. The zero-order chi connectivity index (χ0) is 22.4. The first kappa shape index (κ1) is 19.5. The van der Waals surface area contributed by atoms with Crippen LogP contribution in [0, 0.1) is 11.6 Å². The highest BCUT2D eigenvalue weighted by atomic mass is 19.1. The maximum Gasteiger partial charge on any atom is 0.247 e. The Hall–Kier alpha value is -4.13. The van der Waals surface area contributed by atoms with Gasteiger partial charge in [-0.15, -0.1) is 10.2 Å². The van der Waals surface area contributed by atoms with Gasteiger partial charge in [-0.3, -0.25) is 0 Å². The van der Waals surface area contributed by atoms with Gasteiger partial charge < -0.3 is 8.94 Å². The maximum atomic E-state index is 13.7. The van der Waals surface area contributed by atoms with Crippen molar-refractivity contribution in [3.8, 4) is 33.8 Å². The van der Waals surface area contributed by atoms with Gasteiger partial charge in [0.15, 0.2) is 5.76 Å². The van der Waals surface area contributed by atoms with Gasteiger partial charge in [0.2, 0.25) is 11.8 Å². The molecule has 0 saturated heterocycles. The maximum absolute atomic E-state index is 13.7.